The van der Waals surface area contributed by atoms with Crippen LogP contribution in [-0.4, -0.2) is 50.9 Å². The molecule has 0 N–H and O–H groups in total. The SMILES string of the molecule is C[Si](C)(C)[Sb]([Sb]([Si](C)(C)C)[Si](C)(C)C)[Si](C)(C)C. The summed E-state index contributed by atoms with van der Waals surface area (Å²) in [5.74, 6) is 0. The summed E-state index contributed by atoms with van der Waals surface area (Å²) in [6, 6.07) is 0. The molecule has 0 aliphatic heterocycles. The van der Waals surface area contributed by atoms with Gasteiger partial charge in [0.25, 0.3) is 0 Å². The first-order chi connectivity index (χ1) is 7.49. The second kappa shape index (κ2) is 6.32. The third-order valence-electron chi connectivity index (χ3n) is 2.74. The van der Waals surface area contributed by atoms with Crippen molar-refractivity contribution in [2.24, 2.45) is 0 Å². The molecular formula is C12H36Sb2Si4. The molecule has 0 spiro atoms. The summed E-state index contributed by atoms with van der Waals surface area (Å²) in [7, 11) is 0. The summed E-state index contributed by atoms with van der Waals surface area (Å²) in [4.78, 5) is 0. The zero-order chi connectivity index (χ0) is 15.2. The molecule has 0 atom stereocenters. The van der Waals surface area contributed by atoms with E-state index in [0.717, 1.165) is 0 Å². The average Bonchev–Trinajstić information content (AvgIpc) is 1.89. The molecular weight excluding hydrogens is 500 g/mol. The first-order valence-electron chi connectivity index (χ1n) is 7.09. The molecule has 0 aromatic heterocycles. The van der Waals surface area contributed by atoms with Crippen molar-refractivity contribution in [1.82, 2.24) is 0 Å². The van der Waals surface area contributed by atoms with Crippen LogP contribution in [0.4, 0.5) is 0 Å². The van der Waals surface area contributed by atoms with Crippen molar-refractivity contribution < 1.29 is 0 Å². The predicted molar refractivity (Wildman–Crippen MR) is 105 cm³/mol. The Labute approximate surface area is 128 Å². The van der Waals surface area contributed by atoms with E-state index in [9.17, 15) is 0 Å². The first kappa shape index (κ1) is 20.5. The Kier molecular flexibility index (Phi) is 7.20. The molecule has 0 saturated carbocycles. The fraction of sp³-hybridized carbons (Fsp3) is 1.00. The number of hydrogen-bond donors (Lipinski definition) is 0. The standard InChI is InChI=1S/4C3H9Si.2Sb/c4*1-4(2)3;;/h4*1-3H3;;. The van der Waals surface area contributed by atoms with Gasteiger partial charge in [0.15, 0.2) is 0 Å². The van der Waals surface area contributed by atoms with Crippen LogP contribution < -0.4 is 0 Å². The van der Waals surface area contributed by atoms with E-state index >= 15 is 0 Å². The van der Waals surface area contributed by atoms with Gasteiger partial charge in [-0.15, -0.1) is 0 Å². The van der Waals surface area contributed by atoms with Gasteiger partial charge in [-0.25, -0.2) is 0 Å². The Balaban J connectivity index is 5.84. The average molecular weight is 536 g/mol. The molecule has 0 nitrogen and oxygen atoms in total. The van der Waals surface area contributed by atoms with Crippen molar-refractivity contribution >= 4 is 50.9 Å². The minimum atomic E-state index is -0.927. The van der Waals surface area contributed by atoms with E-state index in [1.54, 1.807) is 0 Å². The van der Waals surface area contributed by atoms with E-state index in [2.05, 4.69) is 78.6 Å². The van der Waals surface area contributed by atoms with Gasteiger partial charge >= 0.3 is 129 Å². The number of hydrogen-bond acceptors (Lipinski definition) is 0. The molecule has 6 heteroatoms. The van der Waals surface area contributed by atoms with Gasteiger partial charge in [0, 0.05) is 0 Å². The molecule has 0 heterocycles. The molecule has 0 aliphatic rings. The minimum absolute atomic E-state index is 0.809. The molecule has 0 bridgehead atoms. The Morgan fingerprint density at radius 3 is 0.500 bits per heavy atom. The Hall–Kier alpha value is 2.50. The molecule has 0 radical (unpaired) electrons. The quantitative estimate of drug-likeness (QED) is 0.447. The second-order valence-electron chi connectivity index (χ2n) is 9.31. The van der Waals surface area contributed by atoms with Gasteiger partial charge in [-0.1, -0.05) is 0 Å². The summed E-state index contributed by atoms with van der Waals surface area (Å²) < 4.78 is 0. The summed E-state index contributed by atoms with van der Waals surface area (Å²) in [5, 5.41) is 0. The fourth-order valence-corrected chi connectivity index (χ4v) is 608. The topological polar surface area (TPSA) is 0 Å². The Bertz CT molecular complexity index is 220. The molecule has 18 heavy (non-hydrogen) atoms. The van der Waals surface area contributed by atoms with E-state index < -0.39 is 50.9 Å². The Morgan fingerprint density at radius 2 is 0.444 bits per heavy atom. The van der Waals surface area contributed by atoms with Crippen molar-refractivity contribution in [3.8, 4) is 0 Å². The zero-order valence-electron chi connectivity index (χ0n) is 14.9. The normalized spacial score (nSPS) is 15.7. The first-order valence-corrected chi connectivity index (χ1v) is 45.0. The maximum absolute atomic E-state index is 2.76. The zero-order valence-corrected chi connectivity index (χ0v) is 24.0. The molecule has 0 aromatic rings. The van der Waals surface area contributed by atoms with E-state index in [4.69, 9.17) is 0 Å². The third-order valence-corrected chi connectivity index (χ3v) is 324. The van der Waals surface area contributed by atoms with Gasteiger partial charge in [-0.2, -0.15) is 0 Å². The summed E-state index contributed by atoms with van der Waals surface area (Å²) >= 11 is -1.85. The van der Waals surface area contributed by atoms with Crippen molar-refractivity contribution in [3.63, 3.8) is 0 Å². The molecule has 0 aliphatic carbocycles. The van der Waals surface area contributed by atoms with Crippen molar-refractivity contribution in [2.45, 2.75) is 78.6 Å². The van der Waals surface area contributed by atoms with Crippen molar-refractivity contribution in [3.05, 3.63) is 0 Å². The van der Waals surface area contributed by atoms with Crippen LogP contribution in [0.25, 0.3) is 0 Å². The van der Waals surface area contributed by atoms with E-state index in [0.29, 0.717) is 0 Å². The summed E-state index contributed by atoms with van der Waals surface area (Å²) in [5.41, 5.74) is -3.23. The van der Waals surface area contributed by atoms with Crippen LogP contribution in [0.5, 0.6) is 0 Å². The predicted octanol–water partition coefficient (Wildman–Crippen LogP) is 4.72. The van der Waals surface area contributed by atoms with Gasteiger partial charge in [0.2, 0.25) is 0 Å². The number of rotatable bonds is 5. The van der Waals surface area contributed by atoms with Gasteiger partial charge in [-0.05, 0) is 0 Å². The van der Waals surface area contributed by atoms with E-state index in [-0.39, 0.29) is 0 Å². The van der Waals surface area contributed by atoms with Crippen LogP contribution in [0.15, 0.2) is 0 Å². The monoisotopic (exact) mass is 534 g/mol. The summed E-state index contributed by atoms with van der Waals surface area (Å²) in [6.45, 7) is 33.1. The van der Waals surface area contributed by atoms with Crippen molar-refractivity contribution in [1.29, 1.82) is 0 Å². The van der Waals surface area contributed by atoms with E-state index in [1.807, 2.05) is 0 Å². The van der Waals surface area contributed by atoms with E-state index in [1.165, 1.54) is 0 Å². The third kappa shape index (κ3) is 6.09. The molecule has 110 valence electrons. The molecule has 0 unspecified atom stereocenters. The Morgan fingerprint density at radius 1 is 0.333 bits per heavy atom. The van der Waals surface area contributed by atoms with Crippen LogP contribution in [0.2, 0.25) is 78.6 Å². The van der Waals surface area contributed by atoms with Crippen LogP contribution in [0.3, 0.4) is 0 Å². The summed E-state index contributed by atoms with van der Waals surface area (Å²) in [6.07, 6.45) is 0. The van der Waals surface area contributed by atoms with Crippen LogP contribution in [0, 0.1) is 0 Å². The van der Waals surface area contributed by atoms with Crippen LogP contribution in [0.1, 0.15) is 0 Å². The van der Waals surface area contributed by atoms with Gasteiger partial charge in [-0.3, -0.25) is 0 Å². The van der Waals surface area contributed by atoms with Crippen LogP contribution >= 0.6 is 0 Å². The molecule has 0 fully saturated rings. The maximum atomic E-state index is 2.76. The van der Waals surface area contributed by atoms with Gasteiger partial charge < -0.3 is 0 Å². The molecule has 0 rings (SSSR count). The van der Waals surface area contributed by atoms with Gasteiger partial charge in [0.1, 0.15) is 0 Å². The fourth-order valence-electron chi connectivity index (χ4n) is 3.21. The molecule has 0 aromatic carbocycles. The second-order valence-corrected chi connectivity index (χ2v) is 140. The molecule has 0 amide bonds. The van der Waals surface area contributed by atoms with Crippen LogP contribution in [-0.2, 0) is 0 Å². The van der Waals surface area contributed by atoms with Gasteiger partial charge in [0.05, 0.1) is 0 Å². The van der Waals surface area contributed by atoms with Crippen molar-refractivity contribution in [2.75, 3.05) is 0 Å². The molecule has 0 saturated heterocycles.